The lowest BCUT2D eigenvalue weighted by atomic mass is 9.89. The van der Waals surface area contributed by atoms with Crippen LogP contribution in [-0.2, 0) is 19.1 Å². The van der Waals surface area contributed by atoms with E-state index in [4.69, 9.17) is 9.47 Å². The molecule has 0 spiro atoms. The number of carbonyl (C=O) groups is 2. The Morgan fingerprint density at radius 2 is 1.88 bits per heavy atom. The number of hydrogen-bond donors (Lipinski definition) is 0. The maximum Gasteiger partial charge on any atom is 0.330 e. The standard InChI is InChI=1S/C13H22O4/c1-5-16-12(15)8-6-7-9-13(3,4)10-17-11(2)14/h6,8H,5,7,9-10H2,1-4H3. The van der Waals surface area contributed by atoms with Crippen LogP contribution in [0.25, 0.3) is 0 Å². The van der Waals surface area contributed by atoms with Crippen LogP contribution in [0.3, 0.4) is 0 Å². The van der Waals surface area contributed by atoms with Crippen molar-refractivity contribution in [1.82, 2.24) is 0 Å². The quantitative estimate of drug-likeness (QED) is 0.508. The van der Waals surface area contributed by atoms with E-state index in [9.17, 15) is 9.59 Å². The van der Waals surface area contributed by atoms with Crippen LogP contribution in [0.1, 0.15) is 40.5 Å². The monoisotopic (exact) mass is 242 g/mol. The van der Waals surface area contributed by atoms with Crippen LogP contribution in [0.2, 0.25) is 0 Å². The predicted molar refractivity (Wildman–Crippen MR) is 65.4 cm³/mol. The van der Waals surface area contributed by atoms with Gasteiger partial charge in [0, 0.05) is 13.0 Å². The summed E-state index contributed by atoms with van der Waals surface area (Å²) in [4.78, 5) is 21.7. The topological polar surface area (TPSA) is 52.6 Å². The van der Waals surface area contributed by atoms with E-state index in [0.29, 0.717) is 13.2 Å². The number of allylic oxidation sites excluding steroid dienone is 1. The summed E-state index contributed by atoms with van der Waals surface area (Å²) >= 11 is 0. The lowest BCUT2D eigenvalue weighted by molar-refractivity contribution is -0.144. The van der Waals surface area contributed by atoms with E-state index in [2.05, 4.69) is 0 Å². The summed E-state index contributed by atoms with van der Waals surface area (Å²) in [5.74, 6) is -0.578. The first-order chi connectivity index (χ1) is 7.87. The van der Waals surface area contributed by atoms with Gasteiger partial charge in [0.25, 0.3) is 0 Å². The number of rotatable bonds is 7. The highest BCUT2D eigenvalue weighted by atomic mass is 16.5. The SMILES string of the molecule is CCOC(=O)C=CCCC(C)(C)COC(C)=O. The highest BCUT2D eigenvalue weighted by Gasteiger charge is 2.18. The van der Waals surface area contributed by atoms with E-state index < -0.39 is 0 Å². The third kappa shape index (κ3) is 9.60. The fourth-order valence-corrected chi connectivity index (χ4v) is 1.21. The fraction of sp³-hybridized carbons (Fsp3) is 0.692. The first kappa shape index (κ1) is 15.7. The summed E-state index contributed by atoms with van der Waals surface area (Å²) in [6, 6.07) is 0. The molecule has 98 valence electrons. The molecular weight excluding hydrogens is 220 g/mol. The van der Waals surface area contributed by atoms with Crippen molar-refractivity contribution in [1.29, 1.82) is 0 Å². The Bertz CT molecular complexity index is 279. The maximum absolute atomic E-state index is 11.0. The fourth-order valence-electron chi connectivity index (χ4n) is 1.21. The van der Waals surface area contributed by atoms with Crippen molar-refractivity contribution in [3.05, 3.63) is 12.2 Å². The van der Waals surface area contributed by atoms with Gasteiger partial charge in [-0.3, -0.25) is 4.79 Å². The Morgan fingerprint density at radius 3 is 2.41 bits per heavy atom. The van der Waals surface area contributed by atoms with Gasteiger partial charge in [-0.1, -0.05) is 19.9 Å². The van der Waals surface area contributed by atoms with Gasteiger partial charge in [0.15, 0.2) is 0 Å². The van der Waals surface area contributed by atoms with Gasteiger partial charge in [0.1, 0.15) is 0 Å². The van der Waals surface area contributed by atoms with Gasteiger partial charge in [-0.25, -0.2) is 4.79 Å². The van der Waals surface area contributed by atoms with E-state index in [1.807, 2.05) is 13.8 Å². The minimum atomic E-state index is -0.315. The molecule has 4 heteroatoms. The predicted octanol–water partition coefficient (Wildman–Crippen LogP) is 2.48. The minimum Gasteiger partial charge on any atom is -0.465 e. The molecule has 0 amide bonds. The second kappa shape index (κ2) is 7.87. The van der Waals surface area contributed by atoms with E-state index in [1.54, 1.807) is 13.0 Å². The zero-order chi connectivity index (χ0) is 13.3. The Kier molecular flexibility index (Phi) is 7.26. The summed E-state index contributed by atoms with van der Waals surface area (Å²) < 4.78 is 9.73. The van der Waals surface area contributed by atoms with E-state index in [-0.39, 0.29) is 17.4 Å². The molecule has 0 heterocycles. The van der Waals surface area contributed by atoms with E-state index in [0.717, 1.165) is 12.8 Å². The Morgan fingerprint density at radius 1 is 1.24 bits per heavy atom. The summed E-state index contributed by atoms with van der Waals surface area (Å²) in [5, 5.41) is 0. The molecule has 0 fully saturated rings. The molecule has 0 saturated heterocycles. The molecule has 0 bridgehead atoms. The van der Waals surface area contributed by atoms with Crippen molar-refractivity contribution in [3.63, 3.8) is 0 Å². The Balaban J connectivity index is 3.85. The van der Waals surface area contributed by atoms with Crippen molar-refractivity contribution in [2.75, 3.05) is 13.2 Å². The van der Waals surface area contributed by atoms with Gasteiger partial charge in [-0.05, 0) is 25.2 Å². The van der Waals surface area contributed by atoms with Gasteiger partial charge in [0.05, 0.1) is 13.2 Å². The summed E-state index contributed by atoms with van der Waals surface area (Å²) in [5.41, 5.74) is -0.0787. The summed E-state index contributed by atoms with van der Waals surface area (Å²) in [6.07, 6.45) is 4.82. The van der Waals surface area contributed by atoms with Crippen LogP contribution in [-0.4, -0.2) is 25.2 Å². The molecular formula is C13H22O4. The van der Waals surface area contributed by atoms with Crippen molar-refractivity contribution in [2.45, 2.75) is 40.5 Å². The first-order valence-corrected chi connectivity index (χ1v) is 5.84. The summed E-state index contributed by atoms with van der Waals surface area (Å²) in [7, 11) is 0. The highest BCUT2D eigenvalue weighted by molar-refractivity contribution is 5.81. The third-order valence-corrected chi connectivity index (χ3v) is 2.19. The molecule has 0 saturated carbocycles. The average molecular weight is 242 g/mol. The molecule has 0 aromatic heterocycles. The van der Waals surface area contributed by atoms with Gasteiger partial charge in [-0.2, -0.15) is 0 Å². The normalized spacial score (nSPS) is 11.5. The summed E-state index contributed by atoms with van der Waals surface area (Å²) in [6.45, 7) is 8.00. The van der Waals surface area contributed by atoms with Crippen molar-refractivity contribution in [2.24, 2.45) is 5.41 Å². The van der Waals surface area contributed by atoms with E-state index in [1.165, 1.54) is 13.0 Å². The van der Waals surface area contributed by atoms with Gasteiger partial charge in [0.2, 0.25) is 0 Å². The maximum atomic E-state index is 11.0. The largest absolute Gasteiger partial charge is 0.465 e. The molecule has 4 nitrogen and oxygen atoms in total. The molecule has 0 unspecified atom stereocenters. The minimum absolute atomic E-state index is 0.0787. The van der Waals surface area contributed by atoms with Crippen molar-refractivity contribution < 1.29 is 19.1 Å². The molecule has 0 rings (SSSR count). The van der Waals surface area contributed by atoms with E-state index >= 15 is 0 Å². The Labute approximate surface area is 103 Å². The number of ether oxygens (including phenoxy) is 2. The zero-order valence-corrected chi connectivity index (χ0v) is 11.1. The number of carbonyl (C=O) groups excluding carboxylic acids is 2. The van der Waals surface area contributed by atoms with Crippen LogP contribution in [0.5, 0.6) is 0 Å². The molecule has 0 aromatic carbocycles. The average Bonchev–Trinajstić information content (AvgIpc) is 2.22. The van der Waals surface area contributed by atoms with Gasteiger partial charge < -0.3 is 9.47 Å². The van der Waals surface area contributed by atoms with Crippen LogP contribution >= 0.6 is 0 Å². The van der Waals surface area contributed by atoms with Crippen LogP contribution in [0.4, 0.5) is 0 Å². The van der Waals surface area contributed by atoms with Crippen LogP contribution < -0.4 is 0 Å². The molecule has 0 aliphatic carbocycles. The molecule has 0 aromatic rings. The third-order valence-electron chi connectivity index (χ3n) is 2.19. The van der Waals surface area contributed by atoms with Crippen molar-refractivity contribution >= 4 is 11.9 Å². The highest BCUT2D eigenvalue weighted by Crippen LogP contribution is 2.22. The lowest BCUT2D eigenvalue weighted by Crippen LogP contribution is -2.20. The molecule has 0 N–H and O–H groups in total. The number of esters is 2. The molecule has 0 radical (unpaired) electrons. The second-order valence-electron chi connectivity index (χ2n) is 4.64. The first-order valence-electron chi connectivity index (χ1n) is 5.84. The second-order valence-corrected chi connectivity index (χ2v) is 4.64. The molecule has 17 heavy (non-hydrogen) atoms. The number of hydrogen-bond acceptors (Lipinski definition) is 4. The lowest BCUT2D eigenvalue weighted by Gasteiger charge is -2.22. The smallest absolute Gasteiger partial charge is 0.330 e. The molecule has 0 atom stereocenters. The molecule has 0 aliphatic rings. The van der Waals surface area contributed by atoms with Gasteiger partial charge in [-0.15, -0.1) is 0 Å². The zero-order valence-electron chi connectivity index (χ0n) is 11.1. The van der Waals surface area contributed by atoms with Crippen molar-refractivity contribution in [3.8, 4) is 0 Å². The Hall–Kier alpha value is -1.32. The van der Waals surface area contributed by atoms with Gasteiger partial charge >= 0.3 is 11.9 Å². The molecule has 0 aliphatic heterocycles. The van der Waals surface area contributed by atoms with Crippen LogP contribution in [0, 0.1) is 5.41 Å². The van der Waals surface area contributed by atoms with Crippen LogP contribution in [0.15, 0.2) is 12.2 Å².